The predicted octanol–water partition coefficient (Wildman–Crippen LogP) is 3.06. The van der Waals surface area contributed by atoms with Gasteiger partial charge < -0.3 is 9.84 Å². The second-order valence-corrected chi connectivity index (χ2v) is 5.54. The molecule has 0 bridgehead atoms. The molecule has 0 amide bonds. The Morgan fingerprint density at radius 3 is 2.53 bits per heavy atom. The van der Waals surface area contributed by atoms with E-state index in [2.05, 4.69) is 0 Å². The number of ether oxygens (including phenoxy) is 1. The van der Waals surface area contributed by atoms with Crippen LogP contribution in [0.3, 0.4) is 0 Å². The molecule has 1 aromatic rings. The van der Waals surface area contributed by atoms with Crippen LogP contribution in [0.2, 0.25) is 0 Å². The number of hydrogen-bond acceptors (Lipinski definition) is 3. The Labute approximate surface area is 114 Å². The van der Waals surface area contributed by atoms with Gasteiger partial charge >= 0.3 is 5.97 Å². The van der Waals surface area contributed by atoms with Crippen LogP contribution in [-0.4, -0.2) is 16.7 Å². The van der Waals surface area contributed by atoms with Crippen LogP contribution < -0.4 is 0 Å². The Balaban J connectivity index is 1.90. The van der Waals surface area contributed by atoms with Crippen LogP contribution in [0, 0.1) is 5.92 Å². The first kappa shape index (κ1) is 14.1. The molecular formula is C16H22O3. The van der Waals surface area contributed by atoms with Crippen molar-refractivity contribution in [1.82, 2.24) is 0 Å². The van der Waals surface area contributed by atoms with E-state index in [0.29, 0.717) is 0 Å². The van der Waals surface area contributed by atoms with Crippen LogP contribution in [0.15, 0.2) is 30.3 Å². The molecule has 0 heterocycles. The number of carbonyl (C=O) groups excluding carboxylic acids is 1. The maximum atomic E-state index is 12.1. The SMILES string of the molecule is C[C@@](O)(C(=O)OCc1ccccc1)C1CCCCC1. The highest BCUT2D eigenvalue weighted by molar-refractivity contribution is 5.79. The third-order valence-electron chi connectivity index (χ3n) is 4.03. The molecule has 0 aliphatic heterocycles. The molecule has 2 rings (SSSR count). The van der Waals surface area contributed by atoms with Crippen molar-refractivity contribution < 1.29 is 14.6 Å². The van der Waals surface area contributed by atoms with E-state index >= 15 is 0 Å². The molecule has 0 saturated heterocycles. The lowest BCUT2D eigenvalue weighted by Crippen LogP contribution is -2.44. The lowest BCUT2D eigenvalue weighted by molar-refractivity contribution is -0.172. The van der Waals surface area contributed by atoms with Gasteiger partial charge in [-0.2, -0.15) is 0 Å². The minimum absolute atomic E-state index is 0.0320. The van der Waals surface area contributed by atoms with Crippen molar-refractivity contribution in [2.24, 2.45) is 5.92 Å². The number of rotatable bonds is 4. The van der Waals surface area contributed by atoms with E-state index in [1.54, 1.807) is 6.92 Å². The molecule has 3 nitrogen and oxygen atoms in total. The molecule has 3 heteroatoms. The van der Waals surface area contributed by atoms with Gasteiger partial charge in [-0.05, 0) is 31.2 Å². The zero-order valence-electron chi connectivity index (χ0n) is 11.5. The van der Waals surface area contributed by atoms with Crippen LogP contribution in [0.25, 0.3) is 0 Å². The molecule has 0 radical (unpaired) electrons. The minimum atomic E-state index is -1.35. The highest BCUT2D eigenvalue weighted by atomic mass is 16.5. The number of esters is 1. The molecule has 0 spiro atoms. The van der Waals surface area contributed by atoms with Crippen molar-refractivity contribution in [2.45, 2.75) is 51.2 Å². The molecule has 1 aliphatic rings. The monoisotopic (exact) mass is 262 g/mol. The highest BCUT2D eigenvalue weighted by Crippen LogP contribution is 2.33. The zero-order valence-corrected chi connectivity index (χ0v) is 11.5. The van der Waals surface area contributed by atoms with E-state index in [1.165, 1.54) is 6.42 Å². The molecule has 19 heavy (non-hydrogen) atoms. The molecule has 1 fully saturated rings. The van der Waals surface area contributed by atoms with Gasteiger partial charge in [-0.25, -0.2) is 4.79 Å². The molecule has 0 unspecified atom stereocenters. The quantitative estimate of drug-likeness (QED) is 0.848. The van der Waals surface area contributed by atoms with Crippen molar-refractivity contribution in [3.63, 3.8) is 0 Å². The lowest BCUT2D eigenvalue weighted by Gasteiger charge is -2.33. The van der Waals surface area contributed by atoms with Crippen LogP contribution in [-0.2, 0) is 16.1 Å². The fraction of sp³-hybridized carbons (Fsp3) is 0.562. The minimum Gasteiger partial charge on any atom is -0.459 e. The van der Waals surface area contributed by atoms with E-state index < -0.39 is 11.6 Å². The summed E-state index contributed by atoms with van der Waals surface area (Å²) in [5.74, 6) is -0.465. The fourth-order valence-electron chi connectivity index (χ4n) is 2.70. The van der Waals surface area contributed by atoms with Crippen molar-refractivity contribution in [3.8, 4) is 0 Å². The van der Waals surface area contributed by atoms with Crippen LogP contribution in [0.1, 0.15) is 44.6 Å². The Bertz CT molecular complexity index is 405. The Morgan fingerprint density at radius 1 is 1.26 bits per heavy atom. The maximum absolute atomic E-state index is 12.1. The van der Waals surface area contributed by atoms with Gasteiger partial charge in [0.05, 0.1) is 0 Å². The topological polar surface area (TPSA) is 46.5 Å². The van der Waals surface area contributed by atoms with Crippen molar-refractivity contribution in [1.29, 1.82) is 0 Å². The molecule has 1 aliphatic carbocycles. The average Bonchev–Trinajstić information content (AvgIpc) is 2.46. The number of benzene rings is 1. The summed E-state index contributed by atoms with van der Waals surface area (Å²) < 4.78 is 5.26. The molecular weight excluding hydrogens is 240 g/mol. The second kappa shape index (κ2) is 6.20. The summed E-state index contributed by atoms with van der Waals surface area (Å²) in [4.78, 5) is 12.1. The van der Waals surface area contributed by atoms with Gasteiger partial charge in [0.2, 0.25) is 0 Å². The second-order valence-electron chi connectivity index (χ2n) is 5.54. The van der Waals surface area contributed by atoms with Gasteiger partial charge in [-0.1, -0.05) is 49.6 Å². The number of aliphatic hydroxyl groups is 1. The highest BCUT2D eigenvalue weighted by Gasteiger charge is 2.40. The van der Waals surface area contributed by atoms with Crippen LogP contribution >= 0.6 is 0 Å². The summed E-state index contributed by atoms with van der Waals surface area (Å²) in [7, 11) is 0. The van der Waals surface area contributed by atoms with Crippen LogP contribution in [0.5, 0.6) is 0 Å². The third kappa shape index (κ3) is 3.57. The van der Waals surface area contributed by atoms with Gasteiger partial charge in [0, 0.05) is 0 Å². The Morgan fingerprint density at radius 2 is 1.89 bits per heavy atom. The van der Waals surface area contributed by atoms with Crippen molar-refractivity contribution in [2.75, 3.05) is 0 Å². The summed E-state index contributed by atoms with van der Waals surface area (Å²) in [5, 5.41) is 10.4. The van der Waals surface area contributed by atoms with Crippen LogP contribution in [0.4, 0.5) is 0 Å². The Hall–Kier alpha value is -1.35. The Kier molecular flexibility index (Phi) is 4.59. The third-order valence-corrected chi connectivity index (χ3v) is 4.03. The van der Waals surface area contributed by atoms with E-state index in [0.717, 1.165) is 31.2 Å². The summed E-state index contributed by atoms with van der Waals surface area (Å²) in [6, 6.07) is 9.54. The van der Waals surface area contributed by atoms with E-state index in [9.17, 15) is 9.90 Å². The molecule has 1 N–H and O–H groups in total. The molecule has 0 aromatic heterocycles. The largest absolute Gasteiger partial charge is 0.459 e. The first-order valence-corrected chi connectivity index (χ1v) is 7.04. The van der Waals surface area contributed by atoms with Gasteiger partial charge in [0.15, 0.2) is 5.60 Å². The van der Waals surface area contributed by atoms with E-state index in [4.69, 9.17) is 4.74 Å². The fourth-order valence-corrected chi connectivity index (χ4v) is 2.70. The smallest absolute Gasteiger partial charge is 0.338 e. The predicted molar refractivity (Wildman–Crippen MR) is 73.4 cm³/mol. The maximum Gasteiger partial charge on any atom is 0.338 e. The molecule has 1 atom stereocenters. The van der Waals surface area contributed by atoms with Gasteiger partial charge in [0.1, 0.15) is 6.61 Å². The standard InChI is InChI=1S/C16H22O3/c1-16(18,14-10-6-3-7-11-14)15(17)19-12-13-8-4-2-5-9-13/h2,4-5,8-9,14,18H,3,6-7,10-12H2,1H3/t16-/m0/s1. The van der Waals surface area contributed by atoms with Crippen molar-refractivity contribution in [3.05, 3.63) is 35.9 Å². The van der Waals surface area contributed by atoms with Crippen molar-refractivity contribution >= 4 is 5.97 Å². The van der Waals surface area contributed by atoms with Gasteiger partial charge in [-0.15, -0.1) is 0 Å². The average molecular weight is 262 g/mol. The van der Waals surface area contributed by atoms with Gasteiger partial charge in [-0.3, -0.25) is 0 Å². The first-order chi connectivity index (χ1) is 9.10. The van der Waals surface area contributed by atoms with E-state index in [1.807, 2.05) is 30.3 Å². The number of hydrogen-bond donors (Lipinski definition) is 1. The molecule has 104 valence electrons. The summed E-state index contributed by atoms with van der Waals surface area (Å²) in [6.07, 6.45) is 5.20. The van der Waals surface area contributed by atoms with Gasteiger partial charge in [0.25, 0.3) is 0 Å². The van der Waals surface area contributed by atoms with E-state index in [-0.39, 0.29) is 12.5 Å². The first-order valence-electron chi connectivity index (χ1n) is 7.04. The summed E-state index contributed by atoms with van der Waals surface area (Å²) in [5.41, 5.74) is -0.412. The zero-order chi connectivity index (χ0) is 13.7. The molecule has 1 saturated carbocycles. The molecule has 1 aromatic carbocycles. The lowest BCUT2D eigenvalue weighted by atomic mass is 9.78. The summed E-state index contributed by atoms with van der Waals surface area (Å²) >= 11 is 0. The number of carbonyl (C=O) groups is 1. The summed E-state index contributed by atoms with van der Waals surface area (Å²) in [6.45, 7) is 1.82. The normalized spacial score (nSPS) is 19.7.